The van der Waals surface area contributed by atoms with Gasteiger partial charge in [0.1, 0.15) is 11.2 Å². The number of anilines is 3. The van der Waals surface area contributed by atoms with Gasteiger partial charge in [0.05, 0.1) is 5.69 Å². The van der Waals surface area contributed by atoms with Crippen molar-refractivity contribution in [1.82, 2.24) is 0 Å². The van der Waals surface area contributed by atoms with Gasteiger partial charge in [-0.15, -0.1) is 0 Å². The van der Waals surface area contributed by atoms with E-state index in [1.807, 2.05) is 6.08 Å². The zero-order chi connectivity index (χ0) is 44.0. The molecule has 0 aliphatic heterocycles. The number of benzene rings is 11. The summed E-state index contributed by atoms with van der Waals surface area (Å²) in [6, 6.07) is 87.4. The summed E-state index contributed by atoms with van der Waals surface area (Å²) in [5, 5.41) is 7.07. The molecule has 0 bridgehead atoms. The SMILES string of the molecule is C=Cc1ccccc1-c1cccc(-c2ccc(N(c3ccc(-c4cccc(-c5ccc6ccccc6c5)c4)cc3)c3ccccc3-c3cccc4c3oc3cc5ccccc5cc34)cc2)c1. The van der Waals surface area contributed by atoms with Crippen LogP contribution in [0.3, 0.4) is 0 Å². The molecule has 0 spiro atoms. The predicted molar refractivity (Wildman–Crippen MR) is 281 cm³/mol. The second kappa shape index (κ2) is 16.4. The van der Waals surface area contributed by atoms with E-state index in [0.29, 0.717) is 0 Å². The molecular weight excluding hydrogens is 799 g/mol. The molecule has 0 amide bonds. The molecule has 0 N–H and O–H groups in total. The van der Waals surface area contributed by atoms with Gasteiger partial charge in [-0.1, -0.05) is 195 Å². The van der Waals surface area contributed by atoms with Crippen molar-refractivity contribution in [2.75, 3.05) is 4.90 Å². The van der Waals surface area contributed by atoms with Gasteiger partial charge < -0.3 is 9.32 Å². The number of para-hydroxylation sites is 2. The van der Waals surface area contributed by atoms with E-state index in [0.717, 1.165) is 77.8 Å². The lowest BCUT2D eigenvalue weighted by molar-refractivity contribution is 0.670. The van der Waals surface area contributed by atoms with Crippen molar-refractivity contribution in [3.63, 3.8) is 0 Å². The largest absolute Gasteiger partial charge is 0.455 e. The highest BCUT2D eigenvalue weighted by Crippen LogP contribution is 2.45. The molecule has 1 aromatic heterocycles. The van der Waals surface area contributed by atoms with Crippen molar-refractivity contribution in [1.29, 1.82) is 0 Å². The fourth-order valence-electron chi connectivity index (χ4n) is 9.68. The Morgan fingerprint density at radius 1 is 0.333 bits per heavy atom. The number of nitrogens with zero attached hydrogens (tertiary/aromatic N) is 1. The van der Waals surface area contributed by atoms with Gasteiger partial charge in [-0.25, -0.2) is 0 Å². The topological polar surface area (TPSA) is 16.4 Å². The van der Waals surface area contributed by atoms with Crippen molar-refractivity contribution < 1.29 is 4.42 Å². The van der Waals surface area contributed by atoms with Crippen LogP contribution in [0, 0.1) is 0 Å². The van der Waals surface area contributed by atoms with Crippen LogP contribution in [0.1, 0.15) is 5.56 Å². The molecule has 0 fully saturated rings. The Labute approximate surface area is 384 Å². The smallest absolute Gasteiger partial charge is 0.143 e. The first-order valence-corrected chi connectivity index (χ1v) is 22.5. The zero-order valence-corrected chi connectivity index (χ0v) is 36.2. The van der Waals surface area contributed by atoms with Crippen molar-refractivity contribution in [3.8, 4) is 55.6 Å². The van der Waals surface area contributed by atoms with E-state index in [4.69, 9.17) is 4.42 Å². The molecule has 2 heteroatoms. The molecule has 1 heterocycles. The third-order valence-corrected chi connectivity index (χ3v) is 13.0. The van der Waals surface area contributed by atoms with Gasteiger partial charge >= 0.3 is 0 Å². The van der Waals surface area contributed by atoms with Gasteiger partial charge in [-0.05, 0) is 132 Å². The normalized spacial score (nSPS) is 11.4. The number of furan rings is 1. The van der Waals surface area contributed by atoms with Crippen molar-refractivity contribution in [3.05, 3.63) is 255 Å². The van der Waals surface area contributed by atoms with Crippen LogP contribution >= 0.6 is 0 Å². The van der Waals surface area contributed by atoms with Crippen LogP contribution in [0.5, 0.6) is 0 Å². The van der Waals surface area contributed by atoms with Crippen molar-refractivity contribution in [2.24, 2.45) is 0 Å². The fourth-order valence-corrected chi connectivity index (χ4v) is 9.68. The van der Waals surface area contributed by atoms with E-state index in [2.05, 4.69) is 254 Å². The number of rotatable bonds is 9. The number of hydrogen-bond donors (Lipinski definition) is 0. The molecule has 11 aromatic carbocycles. The first-order valence-electron chi connectivity index (χ1n) is 22.5. The lowest BCUT2D eigenvalue weighted by atomic mass is 9.95. The monoisotopic (exact) mass is 841 g/mol. The summed E-state index contributed by atoms with van der Waals surface area (Å²) in [5.41, 5.74) is 17.5. The first kappa shape index (κ1) is 38.9. The molecule has 0 aliphatic carbocycles. The number of hydrogen-bond acceptors (Lipinski definition) is 2. The van der Waals surface area contributed by atoms with Crippen LogP contribution in [0.2, 0.25) is 0 Å². The molecule has 2 nitrogen and oxygen atoms in total. The van der Waals surface area contributed by atoms with E-state index in [1.54, 1.807) is 0 Å². The summed E-state index contributed by atoms with van der Waals surface area (Å²) < 4.78 is 6.82. The predicted octanol–water partition coefficient (Wildman–Crippen LogP) is 18.3. The van der Waals surface area contributed by atoms with Gasteiger partial charge in [-0.3, -0.25) is 0 Å². The highest BCUT2D eigenvalue weighted by atomic mass is 16.3. The second-order valence-corrected chi connectivity index (χ2v) is 16.9. The summed E-state index contributed by atoms with van der Waals surface area (Å²) in [5.74, 6) is 0. The summed E-state index contributed by atoms with van der Waals surface area (Å²) in [4.78, 5) is 2.38. The first-order chi connectivity index (χ1) is 32.6. The zero-order valence-electron chi connectivity index (χ0n) is 36.2. The van der Waals surface area contributed by atoms with Gasteiger partial charge in [0, 0.05) is 33.3 Å². The van der Waals surface area contributed by atoms with Gasteiger partial charge in [0.25, 0.3) is 0 Å². The molecule has 66 heavy (non-hydrogen) atoms. The molecule has 0 radical (unpaired) electrons. The minimum atomic E-state index is 0.880. The Morgan fingerprint density at radius 2 is 0.833 bits per heavy atom. The summed E-state index contributed by atoms with van der Waals surface area (Å²) in [6.07, 6.45) is 1.93. The highest BCUT2D eigenvalue weighted by Gasteiger charge is 2.21. The average Bonchev–Trinajstić information content (AvgIpc) is 3.76. The number of fused-ring (bicyclic) bond motifs is 5. The third-order valence-electron chi connectivity index (χ3n) is 13.0. The van der Waals surface area contributed by atoms with Crippen molar-refractivity contribution >= 4 is 66.6 Å². The maximum Gasteiger partial charge on any atom is 0.143 e. The third kappa shape index (κ3) is 7.02. The molecule has 0 unspecified atom stereocenters. The van der Waals surface area contributed by atoms with Crippen LogP contribution < -0.4 is 4.90 Å². The Morgan fingerprint density at radius 3 is 1.53 bits per heavy atom. The molecule has 0 aliphatic rings. The lowest BCUT2D eigenvalue weighted by Gasteiger charge is -2.28. The van der Waals surface area contributed by atoms with E-state index >= 15 is 0 Å². The van der Waals surface area contributed by atoms with Gasteiger partial charge in [0.15, 0.2) is 0 Å². The highest BCUT2D eigenvalue weighted by molar-refractivity contribution is 6.14. The van der Waals surface area contributed by atoms with Crippen LogP contribution in [-0.4, -0.2) is 0 Å². The lowest BCUT2D eigenvalue weighted by Crippen LogP contribution is -2.11. The van der Waals surface area contributed by atoms with Crippen LogP contribution in [0.15, 0.2) is 254 Å². The molecule has 0 saturated carbocycles. The Balaban J connectivity index is 0.967. The van der Waals surface area contributed by atoms with Gasteiger partial charge in [-0.2, -0.15) is 0 Å². The van der Waals surface area contributed by atoms with Crippen molar-refractivity contribution in [2.45, 2.75) is 0 Å². The van der Waals surface area contributed by atoms with Crippen LogP contribution in [0.25, 0.3) is 105 Å². The summed E-state index contributed by atoms with van der Waals surface area (Å²) in [7, 11) is 0. The van der Waals surface area contributed by atoms with E-state index < -0.39 is 0 Å². The fraction of sp³-hybridized carbons (Fsp3) is 0. The maximum atomic E-state index is 6.82. The standard InChI is InChI=1S/C64H43NO/c1-2-43-14-7-8-23-57(43)54-22-12-20-49(40-54)46-32-36-56(37-33-46)65(55-34-30-45(31-35-55)48-19-11-21-50(38-48)53-29-28-44-15-3-4-16-47(44)39-53)62-27-10-9-24-58(62)59-25-13-26-60-61-41-51-17-5-6-18-52(51)42-63(61)66-64(59)60/h2-42H,1H2. The van der Waals surface area contributed by atoms with E-state index in [1.165, 1.54) is 44.0 Å². The van der Waals surface area contributed by atoms with E-state index in [9.17, 15) is 0 Å². The molecule has 0 atom stereocenters. The molecule has 310 valence electrons. The molecule has 0 saturated heterocycles. The summed E-state index contributed by atoms with van der Waals surface area (Å²) in [6.45, 7) is 4.07. The molecular formula is C64H43NO. The van der Waals surface area contributed by atoms with E-state index in [-0.39, 0.29) is 0 Å². The van der Waals surface area contributed by atoms with Crippen LogP contribution in [-0.2, 0) is 0 Å². The minimum Gasteiger partial charge on any atom is -0.455 e. The quantitative estimate of drug-likeness (QED) is 0.144. The second-order valence-electron chi connectivity index (χ2n) is 16.9. The average molecular weight is 842 g/mol. The van der Waals surface area contributed by atoms with Crippen LogP contribution in [0.4, 0.5) is 17.1 Å². The maximum absolute atomic E-state index is 6.82. The Bertz CT molecular complexity index is 3780. The minimum absolute atomic E-state index is 0.880. The Hall–Kier alpha value is -8.72. The molecule has 12 rings (SSSR count). The Kier molecular flexibility index (Phi) is 9.69. The van der Waals surface area contributed by atoms with Gasteiger partial charge in [0.2, 0.25) is 0 Å². The summed E-state index contributed by atoms with van der Waals surface area (Å²) >= 11 is 0. The molecule has 12 aromatic rings.